The maximum absolute atomic E-state index is 11.4. The molecule has 5 N–H and O–H groups in total. The maximum Gasteiger partial charge on any atom is 0.307 e. The summed E-state index contributed by atoms with van der Waals surface area (Å²) in [7, 11) is 0. The topological polar surface area (TPSA) is 115 Å². The van der Waals surface area contributed by atoms with Crippen LogP contribution in [0.1, 0.15) is 39.0 Å². The molecule has 7 heteroatoms. The maximum atomic E-state index is 11.4. The average molecular weight is 310 g/mol. The molecule has 116 valence electrons. The Bertz CT molecular complexity index is 491. The van der Waals surface area contributed by atoms with Gasteiger partial charge < -0.3 is 16.6 Å². The van der Waals surface area contributed by atoms with E-state index >= 15 is 0 Å². The van der Waals surface area contributed by atoms with E-state index in [1.807, 2.05) is 0 Å². The van der Waals surface area contributed by atoms with Gasteiger partial charge in [-0.1, -0.05) is 31.5 Å². The number of hydrogen-bond acceptors (Lipinski definition) is 6. The molecular formula is C14H22N4O2S. The van der Waals surface area contributed by atoms with Gasteiger partial charge in [0.2, 0.25) is 0 Å². The van der Waals surface area contributed by atoms with Crippen LogP contribution in [0, 0.1) is 11.8 Å². The van der Waals surface area contributed by atoms with E-state index in [1.165, 1.54) is 17.8 Å². The summed E-state index contributed by atoms with van der Waals surface area (Å²) in [5.74, 6) is 0.130. The SMILES string of the molecule is CCCC1CCC(C(=O)O)C(Sc2nc(N)cc(N)n2)C1. The van der Waals surface area contributed by atoms with E-state index in [1.54, 1.807) is 0 Å². The smallest absolute Gasteiger partial charge is 0.307 e. The van der Waals surface area contributed by atoms with Crippen molar-refractivity contribution in [1.29, 1.82) is 0 Å². The third kappa shape index (κ3) is 4.23. The number of anilines is 2. The third-order valence-corrected chi connectivity index (χ3v) is 5.13. The Morgan fingerprint density at radius 3 is 2.62 bits per heavy atom. The Morgan fingerprint density at radius 1 is 1.38 bits per heavy atom. The molecule has 1 heterocycles. The molecule has 6 nitrogen and oxygen atoms in total. The van der Waals surface area contributed by atoms with Crippen LogP contribution in [0.2, 0.25) is 0 Å². The molecule has 2 rings (SSSR count). The Balaban J connectivity index is 2.13. The van der Waals surface area contributed by atoms with Crippen molar-refractivity contribution >= 4 is 29.4 Å². The Kier molecular flexibility index (Phi) is 5.27. The van der Waals surface area contributed by atoms with Gasteiger partial charge in [-0.25, -0.2) is 9.97 Å². The molecule has 1 aromatic heterocycles. The summed E-state index contributed by atoms with van der Waals surface area (Å²) in [5, 5.41) is 9.86. The highest BCUT2D eigenvalue weighted by Crippen LogP contribution is 2.40. The minimum Gasteiger partial charge on any atom is -0.481 e. The average Bonchev–Trinajstić information content (AvgIpc) is 2.37. The largest absolute Gasteiger partial charge is 0.481 e. The molecule has 21 heavy (non-hydrogen) atoms. The number of rotatable bonds is 5. The monoisotopic (exact) mass is 310 g/mol. The lowest BCUT2D eigenvalue weighted by Crippen LogP contribution is -2.33. The summed E-state index contributed by atoms with van der Waals surface area (Å²) in [6.07, 6.45) is 4.86. The molecule has 0 radical (unpaired) electrons. The minimum absolute atomic E-state index is 0.0194. The quantitative estimate of drug-likeness (QED) is 0.715. The summed E-state index contributed by atoms with van der Waals surface area (Å²) >= 11 is 1.40. The van der Waals surface area contributed by atoms with Gasteiger partial charge in [0.25, 0.3) is 0 Å². The van der Waals surface area contributed by atoms with Crippen LogP contribution in [-0.4, -0.2) is 26.3 Å². The van der Waals surface area contributed by atoms with Crippen molar-refractivity contribution < 1.29 is 9.90 Å². The first-order valence-corrected chi connectivity index (χ1v) is 8.17. The van der Waals surface area contributed by atoms with Crippen LogP contribution in [0.3, 0.4) is 0 Å². The summed E-state index contributed by atoms with van der Waals surface area (Å²) in [5.41, 5.74) is 11.3. The standard InChI is InChI=1S/C14H22N4O2S/c1-2-3-8-4-5-9(13(19)20)10(6-8)21-14-17-11(15)7-12(16)18-14/h7-10H,2-6H2,1H3,(H,19,20)(H4,15,16,17,18). The zero-order valence-corrected chi connectivity index (χ0v) is 13.0. The van der Waals surface area contributed by atoms with Crippen molar-refractivity contribution in [3.8, 4) is 0 Å². The Labute approximate surface area is 128 Å². The van der Waals surface area contributed by atoms with Crippen molar-refractivity contribution in [2.24, 2.45) is 11.8 Å². The zero-order valence-electron chi connectivity index (χ0n) is 12.2. The molecule has 3 unspecified atom stereocenters. The van der Waals surface area contributed by atoms with Gasteiger partial charge in [-0.15, -0.1) is 0 Å². The number of carboxylic acid groups (broad SMARTS) is 1. The van der Waals surface area contributed by atoms with Crippen LogP contribution in [0.5, 0.6) is 0 Å². The van der Waals surface area contributed by atoms with Crippen LogP contribution in [0.25, 0.3) is 0 Å². The molecule has 0 spiro atoms. The Morgan fingerprint density at radius 2 is 2.05 bits per heavy atom. The fourth-order valence-corrected chi connectivity index (χ4v) is 4.32. The van der Waals surface area contributed by atoms with Crippen molar-refractivity contribution in [3.63, 3.8) is 0 Å². The van der Waals surface area contributed by atoms with Crippen molar-refractivity contribution in [2.45, 2.75) is 49.4 Å². The van der Waals surface area contributed by atoms with E-state index in [0.717, 1.165) is 32.1 Å². The lowest BCUT2D eigenvalue weighted by Gasteiger charge is -2.33. The molecule has 1 saturated carbocycles. The second-order valence-corrected chi connectivity index (χ2v) is 6.78. The van der Waals surface area contributed by atoms with Gasteiger partial charge in [0.05, 0.1) is 5.92 Å². The lowest BCUT2D eigenvalue weighted by atomic mass is 9.80. The van der Waals surface area contributed by atoms with Crippen LogP contribution in [0.15, 0.2) is 11.2 Å². The van der Waals surface area contributed by atoms with Gasteiger partial charge in [0.15, 0.2) is 5.16 Å². The number of thioether (sulfide) groups is 1. The van der Waals surface area contributed by atoms with Gasteiger partial charge in [0, 0.05) is 11.3 Å². The second kappa shape index (κ2) is 6.98. The lowest BCUT2D eigenvalue weighted by molar-refractivity contribution is -0.142. The number of hydrogen-bond donors (Lipinski definition) is 3. The normalized spacial score (nSPS) is 25.7. The fraction of sp³-hybridized carbons (Fsp3) is 0.643. The highest BCUT2D eigenvalue weighted by molar-refractivity contribution is 7.99. The first-order chi connectivity index (χ1) is 9.99. The first kappa shape index (κ1) is 15.9. The van der Waals surface area contributed by atoms with E-state index < -0.39 is 5.97 Å². The number of aliphatic carboxylic acids is 1. The molecule has 0 saturated heterocycles. The summed E-state index contributed by atoms with van der Waals surface area (Å²) in [6, 6.07) is 1.50. The predicted octanol–water partition coefficient (Wildman–Crippen LogP) is 2.40. The minimum atomic E-state index is -0.737. The number of nitrogens with zero attached hydrogens (tertiary/aromatic N) is 2. The number of aromatic nitrogens is 2. The molecule has 0 amide bonds. The van der Waals surface area contributed by atoms with E-state index in [9.17, 15) is 9.90 Å². The van der Waals surface area contributed by atoms with Crippen molar-refractivity contribution in [1.82, 2.24) is 9.97 Å². The van der Waals surface area contributed by atoms with Crippen LogP contribution < -0.4 is 11.5 Å². The second-order valence-electron chi connectivity index (χ2n) is 5.57. The molecular weight excluding hydrogens is 288 g/mol. The molecule has 1 aromatic rings. The zero-order chi connectivity index (χ0) is 15.4. The van der Waals surface area contributed by atoms with Gasteiger partial charge in [-0.2, -0.15) is 0 Å². The highest BCUT2D eigenvalue weighted by Gasteiger charge is 2.36. The summed E-state index contributed by atoms with van der Waals surface area (Å²) in [4.78, 5) is 19.7. The van der Waals surface area contributed by atoms with Gasteiger partial charge in [-0.05, 0) is 25.2 Å². The third-order valence-electron chi connectivity index (χ3n) is 3.92. The Hall–Kier alpha value is -1.50. The van der Waals surface area contributed by atoms with Gasteiger partial charge in [-0.3, -0.25) is 4.79 Å². The van der Waals surface area contributed by atoms with E-state index in [-0.39, 0.29) is 11.2 Å². The van der Waals surface area contributed by atoms with Gasteiger partial charge in [0.1, 0.15) is 11.6 Å². The summed E-state index contributed by atoms with van der Waals surface area (Å²) < 4.78 is 0. The van der Waals surface area contributed by atoms with E-state index in [4.69, 9.17) is 11.5 Å². The van der Waals surface area contributed by atoms with E-state index in [0.29, 0.717) is 22.7 Å². The van der Waals surface area contributed by atoms with Crippen LogP contribution in [0.4, 0.5) is 11.6 Å². The molecule has 3 atom stereocenters. The molecule has 0 aromatic carbocycles. The predicted molar refractivity (Wildman–Crippen MR) is 83.9 cm³/mol. The number of nitrogen functional groups attached to an aromatic ring is 2. The molecule has 1 aliphatic rings. The van der Waals surface area contributed by atoms with Crippen molar-refractivity contribution in [2.75, 3.05) is 11.5 Å². The number of carbonyl (C=O) groups is 1. The van der Waals surface area contributed by atoms with E-state index in [2.05, 4.69) is 16.9 Å². The van der Waals surface area contributed by atoms with Crippen molar-refractivity contribution in [3.05, 3.63) is 6.07 Å². The fourth-order valence-electron chi connectivity index (χ4n) is 2.95. The van der Waals surface area contributed by atoms with Gasteiger partial charge >= 0.3 is 5.97 Å². The van der Waals surface area contributed by atoms with Crippen LogP contribution in [-0.2, 0) is 4.79 Å². The summed E-state index contributed by atoms with van der Waals surface area (Å²) in [6.45, 7) is 2.16. The molecule has 0 aliphatic heterocycles. The highest BCUT2D eigenvalue weighted by atomic mass is 32.2. The molecule has 1 fully saturated rings. The first-order valence-electron chi connectivity index (χ1n) is 7.29. The number of carboxylic acids is 1. The number of nitrogens with two attached hydrogens (primary N) is 2. The van der Waals surface area contributed by atoms with Crippen LogP contribution >= 0.6 is 11.8 Å². The molecule has 1 aliphatic carbocycles. The molecule has 0 bridgehead atoms.